The second kappa shape index (κ2) is 5.27. The van der Waals surface area contributed by atoms with Crippen LogP contribution in [0.4, 0.5) is 4.39 Å². The fourth-order valence-corrected chi connectivity index (χ4v) is 2.46. The lowest BCUT2D eigenvalue weighted by Crippen LogP contribution is -2.41. The second-order valence-corrected chi connectivity index (χ2v) is 6.10. The maximum Gasteiger partial charge on any atom is 0.141 e. The first-order chi connectivity index (χ1) is 8.82. The highest BCUT2D eigenvalue weighted by molar-refractivity contribution is 6.18. The van der Waals surface area contributed by atoms with E-state index in [0.29, 0.717) is 18.0 Å². The maximum atomic E-state index is 13.4. The Morgan fingerprint density at radius 2 is 2.16 bits per heavy atom. The van der Waals surface area contributed by atoms with Crippen LogP contribution in [0.2, 0.25) is 0 Å². The predicted octanol–water partition coefficient (Wildman–Crippen LogP) is 3.27. The number of hydrogen-bond donors (Lipinski definition) is 1. The van der Waals surface area contributed by atoms with Gasteiger partial charge in [-0.05, 0) is 39.0 Å². The van der Waals surface area contributed by atoms with Gasteiger partial charge in [0.25, 0.3) is 0 Å². The average molecular weight is 288 g/mol. The van der Waals surface area contributed by atoms with Gasteiger partial charge in [-0.2, -0.15) is 0 Å². The predicted molar refractivity (Wildman–Crippen MR) is 72.9 cm³/mol. The van der Waals surface area contributed by atoms with E-state index in [1.54, 1.807) is 0 Å². The molecule has 0 aliphatic carbocycles. The molecule has 2 atom stereocenters. The molecule has 19 heavy (non-hydrogen) atoms. The van der Waals surface area contributed by atoms with Crippen molar-refractivity contribution in [2.45, 2.75) is 38.6 Å². The minimum absolute atomic E-state index is 0.0378. The van der Waals surface area contributed by atoms with Crippen LogP contribution in [0.5, 0.6) is 5.75 Å². The SMILES string of the molecule is CC(C)(C)N1CC(CCl)OC1c1cc(F)ccc1O. The van der Waals surface area contributed by atoms with Gasteiger partial charge in [0.15, 0.2) is 0 Å². The molecule has 5 heteroatoms. The molecule has 0 amide bonds. The Balaban J connectivity index is 2.37. The quantitative estimate of drug-likeness (QED) is 0.848. The topological polar surface area (TPSA) is 32.7 Å². The summed E-state index contributed by atoms with van der Waals surface area (Å²) in [4.78, 5) is 2.08. The zero-order valence-corrected chi connectivity index (χ0v) is 12.1. The van der Waals surface area contributed by atoms with Gasteiger partial charge in [0.05, 0.1) is 6.10 Å². The van der Waals surface area contributed by atoms with Crippen molar-refractivity contribution >= 4 is 11.6 Å². The Morgan fingerprint density at radius 3 is 2.74 bits per heavy atom. The molecule has 1 saturated heterocycles. The molecule has 1 heterocycles. The summed E-state index contributed by atoms with van der Waals surface area (Å²) in [7, 11) is 0. The fourth-order valence-electron chi connectivity index (χ4n) is 2.29. The maximum absolute atomic E-state index is 13.4. The molecule has 0 radical (unpaired) electrons. The van der Waals surface area contributed by atoms with Gasteiger partial charge in [-0.1, -0.05) is 0 Å². The summed E-state index contributed by atoms with van der Waals surface area (Å²) in [6.45, 7) is 6.82. The minimum Gasteiger partial charge on any atom is -0.508 e. The van der Waals surface area contributed by atoms with Crippen molar-refractivity contribution in [2.75, 3.05) is 12.4 Å². The molecular weight excluding hydrogens is 269 g/mol. The Labute approximate surface area is 117 Å². The highest BCUT2D eigenvalue weighted by Gasteiger charge is 2.40. The molecule has 0 saturated carbocycles. The first-order valence-corrected chi connectivity index (χ1v) is 6.83. The number of ether oxygens (including phenoxy) is 1. The van der Waals surface area contributed by atoms with E-state index < -0.39 is 6.23 Å². The fraction of sp³-hybridized carbons (Fsp3) is 0.571. The lowest BCUT2D eigenvalue weighted by molar-refractivity contribution is -0.0282. The molecule has 2 unspecified atom stereocenters. The number of benzene rings is 1. The van der Waals surface area contributed by atoms with Crippen LogP contribution in [0.1, 0.15) is 32.6 Å². The van der Waals surface area contributed by atoms with Crippen molar-refractivity contribution < 1.29 is 14.2 Å². The summed E-state index contributed by atoms with van der Waals surface area (Å²) < 4.78 is 19.2. The molecular formula is C14H19ClFNO2. The Bertz CT molecular complexity index is 461. The van der Waals surface area contributed by atoms with E-state index in [2.05, 4.69) is 25.7 Å². The van der Waals surface area contributed by atoms with Crippen LogP contribution in [-0.2, 0) is 4.74 Å². The van der Waals surface area contributed by atoms with Gasteiger partial charge in [0.2, 0.25) is 0 Å². The van der Waals surface area contributed by atoms with Crippen LogP contribution in [0.25, 0.3) is 0 Å². The zero-order chi connectivity index (χ0) is 14.2. The molecule has 1 aliphatic heterocycles. The van der Waals surface area contributed by atoms with Gasteiger partial charge in [-0.15, -0.1) is 11.6 Å². The van der Waals surface area contributed by atoms with Gasteiger partial charge in [0.1, 0.15) is 17.8 Å². The Morgan fingerprint density at radius 1 is 1.47 bits per heavy atom. The van der Waals surface area contributed by atoms with E-state index in [1.807, 2.05) is 0 Å². The monoisotopic (exact) mass is 287 g/mol. The van der Waals surface area contributed by atoms with E-state index in [0.717, 1.165) is 0 Å². The largest absolute Gasteiger partial charge is 0.508 e. The molecule has 1 aliphatic rings. The van der Waals surface area contributed by atoms with Crippen LogP contribution in [0.3, 0.4) is 0 Å². The van der Waals surface area contributed by atoms with Gasteiger partial charge >= 0.3 is 0 Å². The molecule has 0 aromatic heterocycles. The van der Waals surface area contributed by atoms with Crippen LogP contribution in [0.15, 0.2) is 18.2 Å². The number of halogens is 2. The number of rotatable bonds is 2. The van der Waals surface area contributed by atoms with Crippen LogP contribution in [-0.4, -0.2) is 34.1 Å². The van der Waals surface area contributed by atoms with Gasteiger partial charge < -0.3 is 9.84 Å². The van der Waals surface area contributed by atoms with Crippen LogP contribution in [0, 0.1) is 5.82 Å². The number of nitrogens with zero attached hydrogens (tertiary/aromatic N) is 1. The lowest BCUT2D eigenvalue weighted by Gasteiger charge is -2.35. The number of hydrogen-bond acceptors (Lipinski definition) is 3. The van der Waals surface area contributed by atoms with Crippen molar-refractivity contribution in [3.63, 3.8) is 0 Å². The van der Waals surface area contributed by atoms with Crippen LogP contribution >= 0.6 is 11.6 Å². The third-order valence-electron chi connectivity index (χ3n) is 3.29. The molecule has 3 nitrogen and oxygen atoms in total. The van der Waals surface area contributed by atoms with E-state index in [-0.39, 0.29) is 23.2 Å². The number of alkyl halides is 1. The normalized spacial score (nSPS) is 24.9. The Hall–Kier alpha value is -0.840. The molecule has 1 fully saturated rings. The smallest absolute Gasteiger partial charge is 0.141 e. The number of phenols is 1. The summed E-state index contributed by atoms with van der Waals surface area (Å²) >= 11 is 5.86. The standard InChI is InChI=1S/C14H19ClFNO2/c1-14(2,3)17-8-10(7-15)19-13(17)11-6-9(16)4-5-12(11)18/h4-6,10,13,18H,7-8H2,1-3H3. The van der Waals surface area contributed by atoms with Crippen molar-refractivity contribution in [2.24, 2.45) is 0 Å². The minimum atomic E-state index is -0.473. The Kier molecular flexibility index (Phi) is 4.04. The first kappa shape index (κ1) is 14.6. The van der Waals surface area contributed by atoms with Crippen molar-refractivity contribution in [3.05, 3.63) is 29.6 Å². The molecule has 2 rings (SSSR count). The second-order valence-electron chi connectivity index (χ2n) is 5.79. The van der Waals surface area contributed by atoms with Crippen molar-refractivity contribution in [1.29, 1.82) is 0 Å². The number of phenolic OH excluding ortho intramolecular Hbond substituents is 1. The third kappa shape index (κ3) is 3.02. The molecule has 1 N–H and O–H groups in total. The van der Waals surface area contributed by atoms with E-state index in [1.165, 1.54) is 18.2 Å². The van der Waals surface area contributed by atoms with Crippen molar-refractivity contribution in [3.8, 4) is 5.75 Å². The van der Waals surface area contributed by atoms with Gasteiger partial charge in [0, 0.05) is 23.5 Å². The summed E-state index contributed by atoms with van der Waals surface area (Å²) in [6, 6.07) is 3.90. The molecule has 106 valence electrons. The highest BCUT2D eigenvalue weighted by Crippen LogP contribution is 2.39. The van der Waals surface area contributed by atoms with E-state index in [4.69, 9.17) is 16.3 Å². The summed E-state index contributed by atoms with van der Waals surface area (Å²) in [5.41, 5.74) is 0.284. The average Bonchev–Trinajstić information content (AvgIpc) is 2.76. The van der Waals surface area contributed by atoms with Crippen LogP contribution < -0.4 is 0 Å². The molecule has 1 aromatic carbocycles. The summed E-state index contributed by atoms with van der Waals surface area (Å²) in [5.74, 6) is 0.0227. The third-order valence-corrected chi connectivity index (χ3v) is 3.64. The molecule has 0 spiro atoms. The molecule has 1 aromatic rings. The summed E-state index contributed by atoms with van der Waals surface area (Å²) in [5, 5.41) is 9.93. The van der Waals surface area contributed by atoms with Gasteiger partial charge in [-0.3, -0.25) is 4.90 Å². The zero-order valence-electron chi connectivity index (χ0n) is 11.4. The lowest BCUT2D eigenvalue weighted by atomic mass is 10.0. The van der Waals surface area contributed by atoms with E-state index >= 15 is 0 Å². The summed E-state index contributed by atoms with van der Waals surface area (Å²) in [6.07, 6.45) is -0.590. The van der Waals surface area contributed by atoms with Gasteiger partial charge in [-0.25, -0.2) is 4.39 Å². The van der Waals surface area contributed by atoms with Crippen molar-refractivity contribution in [1.82, 2.24) is 4.90 Å². The highest BCUT2D eigenvalue weighted by atomic mass is 35.5. The first-order valence-electron chi connectivity index (χ1n) is 6.29. The molecule has 0 bridgehead atoms. The van der Waals surface area contributed by atoms with E-state index in [9.17, 15) is 9.50 Å². The number of aromatic hydroxyl groups is 1.